The van der Waals surface area contributed by atoms with Gasteiger partial charge in [0.15, 0.2) is 0 Å². The zero-order valence-electron chi connectivity index (χ0n) is 11.9. The molecule has 1 aromatic carbocycles. The number of amides is 1. The summed E-state index contributed by atoms with van der Waals surface area (Å²) in [7, 11) is 0. The van der Waals surface area contributed by atoms with Crippen LogP contribution in [0.15, 0.2) is 46.7 Å². The van der Waals surface area contributed by atoms with Crippen molar-refractivity contribution >= 4 is 29.0 Å². The molecule has 0 fully saturated rings. The molecule has 2 rings (SSSR count). The lowest BCUT2D eigenvalue weighted by atomic mass is 10.0. The van der Waals surface area contributed by atoms with Crippen LogP contribution >= 0.6 is 23.1 Å². The molecule has 0 spiro atoms. The van der Waals surface area contributed by atoms with Crippen LogP contribution in [0, 0.1) is 5.92 Å². The van der Waals surface area contributed by atoms with E-state index in [0.717, 1.165) is 0 Å². The van der Waals surface area contributed by atoms with Gasteiger partial charge in [0.1, 0.15) is 0 Å². The highest BCUT2D eigenvalue weighted by Crippen LogP contribution is 2.26. The molecule has 106 valence electrons. The molecule has 0 aliphatic rings. The molecule has 20 heavy (non-hydrogen) atoms. The molecule has 0 aliphatic carbocycles. The fraction of sp³-hybridized carbons (Fsp3) is 0.312. The molecule has 1 aromatic heterocycles. The van der Waals surface area contributed by atoms with Crippen molar-refractivity contribution < 1.29 is 4.79 Å². The van der Waals surface area contributed by atoms with E-state index < -0.39 is 0 Å². The predicted octanol–water partition coefficient (Wildman–Crippen LogP) is 4.60. The number of carbonyl (C=O) groups is 1. The van der Waals surface area contributed by atoms with Gasteiger partial charge in [0, 0.05) is 15.3 Å². The molecule has 0 radical (unpaired) electrons. The SMILES string of the molecule is CSc1ccc(C(=O)N[C@@H](c2cccs2)C(C)C)cc1. The fourth-order valence-corrected chi connectivity index (χ4v) is 3.36. The minimum atomic E-state index is -0.00949. The molecule has 1 heterocycles. The predicted molar refractivity (Wildman–Crippen MR) is 87.6 cm³/mol. The minimum Gasteiger partial charge on any atom is -0.344 e. The zero-order chi connectivity index (χ0) is 14.5. The van der Waals surface area contributed by atoms with Gasteiger partial charge in [-0.1, -0.05) is 19.9 Å². The van der Waals surface area contributed by atoms with Crippen LogP contribution in [0.4, 0.5) is 0 Å². The van der Waals surface area contributed by atoms with E-state index >= 15 is 0 Å². The van der Waals surface area contributed by atoms with Crippen LogP contribution in [0.5, 0.6) is 0 Å². The average Bonchev–Trinajstić information content (AvgIpc) is 2.98. The molecule has 0 aliphatic heterocycles. The van der Waals surface area contributed by atoms with E-state index in [2.05, 4.69) is 25.2 Å². The molecule has 1 N–H and O–H groups in total. The monoisotopic (exact) mass is 305 g/mol. The highest BCUT2D eigenvalue weighted by molar-refractivity contribution is 7.98. The summed E-state index contributed by atoms with van der Waals surface area (Å²) in [5, 5.41) is 5.18. The molecular formula is C16H19NOS2. The van der Waals surface area contributed by atoms with E-state index in [0.29, 0.717) is 11.5 Å². The third-order valence-electron chi connectivity index (χ3n) is 3.16. The Kier molecular flexibility index (Phi) is 5.26. The summed E-state index contributed by atoms with van der Waals surface area (Å²) >= 11 is 3.36. The van der Waals surface area contributed by atoms with Gasteiger partial charge in [-0.15, -0.1) is 23.1 Å². The molecule has 2 nitrogen and oxygen atoms in total. The number of benzene rings is 1. The second kappa shape index (κ2) is 6.95. The first-order valence-corrected chi connectivity index (χ1v) is 8.70. The first kappa shape index (κ1) is 15.1. The second-order valence-corrected chi connectivity index (χ2v) is 6.80. The number of thiophene rings is 1. The van der Waals surface area contributed by atoms with Gasteiger partial charge in [0.25, 0.3) is 5.91 Å². The molecular weight excluding hydrogens is 286 g/mol. The Morgan fingerprint density at radius 3 is 2.40 bits per heavy atom. The Bertz CT molecular complexity index is 546. The van der Waals surface area contributed by atoms with E-state index in [1.165, 1.54) is 9.77 Å². The second-order valence-electron chi connectivity index (χ2n) is 4.94. The molecule has 0 bridgehead atoms. The normalized spacial score (nSPS) is 12.4. The molecule has 4 heteroatoms. The van der Waals surface area contributed by atoms with Crippen molar-refractivity contribution in [2.24, 2.45) is 5.92 Å². The van der Waals surface area contributed by atoms with E-state index in [1.807, 2.05) is 42.0 Å². The summed E-state index contributed by atoms with van der Waals surface area (Å²) in [6.07, 6.45) is 2.03. The lowest BCUT2D eigenvalue weighted by Gasteiger charge is -2.21. The first-order valence-electron chi connectivity index (χ1n) is 6.60. The fourth-order valence-electron chi connectivity index (χ4n) is 2.00. The van der Waals surface area contributed by atoms with Crippen LogP contribution in [0.2, 0.25) is 0 Å². The van der Waals surface area contributed by atoms with Gasteiger partial charge in [-0.25, -0.2) is 0 Å². The van der Waals surface area contributed by atoms with E-state index in [-0.39, 0.29) is 11.9 Å². The number of hydrogen-bond acceptors (Lipinski definition) is 3. The van der Waals surface area contributed by atoms with Crippen molar-refractivity contribution in [2.45, 2.75) is 24.8 Å². The van der Waals surface area contributed by atoms with Gasteiger partial charge in [-0.2, -0.15) is 0 Å². The summed E-state index contributed by atoms with van der Waals surface area (Å²) in [5.74, 6) is 0.354. The van der Waals surface area contributed by atoms with Gasteiger partial charge in [0.2, 0.25) is 0 Å². The average molecular weight is 305 g/mol. The number of rotatable bonds is 5. The molecule has 0 saturated heterocycles. The molecule has 2 aromatic rings. The van der Waals surface area contributed by atoms with Gasteiger partial charge >= 0.3 is 0 Å². The van der Waals surface area contributed by atoms with Gasteiger partial charge in [-0.3, -0.25) is 4.79 Å². The third-order valence-corrected chi connectivity index (χ3v) is 4.85. The Hall–Kier alpha value is -1.26. The largest absolute Gasteiger partial charge is 0.344 e. The van der Waals surface area contributed by atoms with E-state index in [4.69, 9.17) is 0 Å². The lowest BCUT2D eigenvalue weighted by molar-refractivity contribution is 0.0926. The van der Waals surface area contributed by atoms with Crippen molar-refractivity contribution in [3.8, 4) is 0 Å². The highest BCUT2D eigenvalue weighted by Gasteiger charge is 2.19. The lowest BCUT2D eigenvalue weighted by Crippen LogP contribution is -2.31. The Morgan fingerprint density at radius 2 is 1.90 bits per heavy atom. The van der Waals surface area contributed by atoms with Crippen LogP contribution in [0.25, 0.3) is 0 Å². The van der Waals surface area contributed by atoms with Crippen LogP contribution < -0.4 is 5.32 Å². The summed E-state index contributed by atoms with van der Waals surface area (Å²) in [5.41, 5.74) is 0.713. The summed E-state index contributed by atoms with van der Waals surface area (Å²) in [6, 6.07) is 11.9. The third kappa shape index (κ3) is 3.64. The zero-order valence-corrected chi connectivity index (χ0v) is 13.6. The van der Waals surface area contributed by atoms with Crippen molar-refractivity contribution in [2.75, 3.05) is 6.26 Å². The number of hydrogen-bond donors (Lipinski definition) is 1. The smallest absolute Gasteiger partial charge is 0.251 e. The number of nitrogens with one attached hydrogen (secondary N) is 1. The summed E-state index contributed by atoms with van der Waals surface area (Å²) in [6.45, 7) is 4.25. The van der Waals surface area contributed by atoms with Crippen molar-refractivity contribution in [1.29, 1.82) is 0 Å². The first-order chi connectivity index (χ1) is 9.61. The standard InChI is InChI=1S/C16H19NOS2/c1-11(2)15(14-5-4-10-20-14)17-16(18)12-6-8-13(19-3)9-7-12/h4-11,15H,1-3H3,(H,17,18)/t15-/m1/s1. The quantitative estimate of drug-likeness (QED) is 0.818. The van der Waals surface area contributed by atoms with Crippen molar-refractivity contribution in [3.05, 3.63) is 52.2 Å². The minimum absolute atomic E-state index is 0.00949. The Balaban J connectivity index is 2.12. The van der Waals surface area contributed by atoms with Crippen LogP contribution in [0.1, 0.15) is 35.1 Å². The maximum absolute atomic E-state index is 12.3. The van der Waals surface area contributed by atoms with Crippen LogP contribution in [-0.4, -0.2) is 12.2 Å². The van der Waals surface area contributed by atoms with E-state index in [9.17, 15) is 4.79 Å². The Labute approximate surface area is 128 Å². The maximum Gasteiger partial charge on any atom is 0.251 e. The number of carbonyl (C=O) groups excluding carboxylic acids is 1. The molecule has 0 saturated carbocycles. The van der Waals surface area contributed by atoms with Crippen LogP contribution in [0.3, 0.4) is 0 Å². The topological polar surface area (TPSA) is 29.1 Å². The Morgan fingerprint density at radius 1 is 1.20 bits per heavy atom. The van der Waals surface area contributed by atoms with Gasteiger partial charge in [-0.05, 0) is 47.9 Å². The van der Waals surface area contributed by atoms with Crippen molar-refractivity contribution in [3.63, 3.8) is 0 Å². The highest BCUT2D eigenvalue weighted by atomic mass is 32.2. The van der Waals surface area contributed by atoms with Gasteiger partial charge in [0.05, 0.1) is 6.04 Å². The summed E-state index contributed by atoms with van der Waals surface area (Å²) in [4.78, 5) is 14.7. The summed E-state index contributed by atoms with van der Waals surface area (Å²) < 4.78 is 0. The van der Waals surface area contributed by atoms with Gasteiger partial charge < -0.3 is 5.32 Å². The molecule has 1 atom stereocenters. The van der Waals surface area contributed by atoms with E-state index in [1.54, 1.807) is 23.1 Å². The maximum atomic E-state index is 12.3. The molecule has 0 unspecified atom stereocenters. The van der Waals surface area contributed by atoms with Crippen molar-refractivity contribution in [1.82, 2.24) is 5.32 Å². The van der Waals surface area contributed by atoms with Crippen LogP contribution in [-0.2, 0) is 0 Å². The number of thioether (sulfide) groups is 1. The molecule has 1 amide bonds.